The topological polar surface area (TPSA) is 36.9 Å². The Bertz CT molecular complexity index is 1630. The van der Waals surface area contributed by atoms with Gasteiger partial charge in [0.25, 0.3) is 0 Å². The molecule has 0 unspecified atom stereocenters. The van der Waals surface area contributed by atoms with E-state index in [0.717, 1.165) is 22.3 Å². The Hall–Kier alpha value is -1.55. The van der Waals surface area contributed by atoms with Crippen LogP contribution in [0.1, 0.15) is 123 Å². The van der Waals surface area contributed by atoms with Gasteiger partial charge in [0, 0.05) is 0 Å². The van der Waals surface area contributed by atoms with E-state index < -0.39 is 7.51 Å². The number of rotatable bonds is 1. The van der Waals surface area contributed by atoms with Crippen molar-refractivity contribution in [1.29, 1.82) is 0 Å². The third kappa shape index (κ3) is 5.98. The van der Waals surface area contributed by atoms with Crippen molar-refractivity contribution < 1.29 is 18.1 Å². The van der Waals surface area contributed by atoms with E-state index in [4.69, 9.17) is 64.5 Å². The third-order valence-electron chi connectivity index (χ3n) is 8.83. The average Bonchev–Trinajstić information content (AvgIpc) is 3.26. The minimum absolute atomic E-state index is 0.0774. The molecular weight excluding hydrogens is 681 g/mol. The van der Waals surface area contributed by atoms with E-state index in [2.05, 4.69) is 107 Å². The van der Waals surface area contributed by atoms with Crippen LogP contribution in [0.25, 0.3) is 0 Å². The monoisotopic (exact) mass is 726 g/mol. The molecule has 0 radical (unpaired) electrons. The molecule has 0 aliphatic carbocycles. The Labute approximate surface area is 295 Å². The van der Waals surface area contributed by atoms with Gasteiger partial charge in [0.2, 0.25) is 0 Å². The predicted molar refractivity (Wildman–Crippen MR) is 197 cm³/mol. The minimum atomic E-state index is -4.70. The van der Waals surface area contributed by atoms with E-state index in [0.29, 0.717) is 17.9 Å². The van der Waals surface area contributed by atoms with Crippen molar-refractivity contribution in [2.45, 2.75) is 118 Å². The zero-order valence-corrected chi connectivity index (χ0v) is 33.2. The third-order valence-corrected chi connectivity index (χ3v) is 13.8. The van der Waals surface area contributed by atoms with Crippen molar-refractivity contribution in [3.8, 4) is 23.0 Å². The van der Waals surface area contributed by atoms with E-state index in [1.807, 2.05) is 6.92 Å². The van der Waals surface area contributed by atoms with Crippen LogP contribution in [0.2, 0.25) is 20.1 Å². The quantitative estimate of drug-likeness (QED) is 0.142. The fourth-order valence-corrected chi connectivity index (χ4v) is 9.80. The van der Waals surface area contributed by atoms with Crippen molar-refractivity contribution in [1.82, 2.24) is 0 Å². The average molecular weight is 729 g/mol. The van der Waals surface area contributed by atoms with E-state index >= 15 is 0 Å². The van der Waals surface area contributed by atoms with Gasteiger partial charge in [0.1, 0.15) is 0 Å². The summed E-state index contributed by atoms with van der Waals surface area (Å²) in [4.78, 5) is 0. The van der Waals surface area contributed by atoms with Crippen LogP contribution >= 0.6 is 53.9 Å². The van der Waals surface area contributed by atoms with E-state index in [1.165, 1.54) is 11.1 Å². The molecule has 46 heavy (non-hydrogen) atoms. The maximum absolute atomic E-state index is 7.30. The molecule has 4 nitrogen and oxygen atoms in total. The number of halogens is 4. The van der Waals surface area contributed by atoms with Crippen LogP contribution in [0.5, 0.6) is 23.0 Å². The number of benzene rings is 3. The first-order valence-electron chi connectivity index (χ1n) is 15.8. The van der Waals surface area contributed by atoms with Crippen LogP contribution in [0.3, 0.4) is 0 Å². The summed E-state index contributed by atoms with van der Waals surface area (Å²) in [6.07, 6.45) is 0.809. The molecule has 252 valence electrons. The summed E-state index contributed by atoms with van der Waals surface area (Å²) in [6, 6.07) is 9.01. The van der Waals surface area contributed by atoms with Crippen molar-refractivity contribution in [2.75, 3.05) is 6.16 Å². The second kappa shape index (κ2) is 11.0. The predicted octanol–water partition coefficient (Wildman–Crippen LogP) is 13.6. The van der Waals surface area contributed by atoms with Crippen molar-refractivity contribution in [3.05, 3.63) is 77.7 Å². The number of hydrogen-bond acceptors (Lipinski definition) is 4. The van der Waals surface area contributed by atoms with Gasteiger partial charge in [0.15, 0.2) is 0 Å². The fraction of sp³-hybridized carbons (Fsp3) is 0.514. The van der Waals surface area contributed by atoms with Crippen LogP contribution in [0.15, 0.2) is 24.3 Å². The second-order valence-electron chi connectivity index (χ2n) is 16.8. The van der Waals surface area contributed by atoms with Gasteiger partial charge in [-0.2, -0.15) is 0 Å². The summed E-state index contributed by atoms with van der Waals surface area (Å²) in [5.74, 6) is 1.69. The normalized spacial score (nSPS) is 18.0. The molecule has 9 heteroatoms. The molecule has 5 rings (SSSR count). The molecular formula is C37H47Cl4O4P. The SMILES string of the molecule is CCP12(Oc3c(cc(C(C)(C)C)cc3C(C)(C)C)Cc3cc(C(C)(C)C)cc(C(C)(C)C)c3O1)Oc1c(Cl)c(Cl)c(Cl)c(Cl)c1O2. The Morgan fingerprint density at radius 3 is 1.11 bits per heavy atom. The molecule has 0 fully saturated rings. The maximum atomic E-state index is 7.30. The van der Waals surface area contributed by atoms with Crippen molar-refractivity contribution >= 4 is 53.9 Å². The summed E-state index contributed by atoms with van der Waals surface area (Å²) in [5.41, 5.74) is 5.73. The van der Waals surface area contributed by atoms with E-state index in [-0.39, 0.29) is 59.4 Å². The van der Waals surface area contributed by atoms with Gasteiger partial charge in [0.05, 0.1) is 0 Å². The zero-order valence-electron chi connectivity index (χ0n) is 29.3. The van der Waals surface area contributed by atoms with Gasteiger partial charge in [-0.05, 0) is 0 Å². The molecule has 3 aromatic carbocycles. The van der Waals surface area contributed by atoms with Crippen LogP contribution in [0, 0.1) is 0 Å². The summed E-state index contributed by atoms with van der Waals surface area (Å²) in [7, 11) is -4.70. The van der Waals surface area contributed by atoms with Gasteiger partial charge < -0.3 is 0 Å². The van der Waals surface area contributed by atoms with Gasteiger partial charge in [-0.1, -0.05) is 0 Å². The van der Waals surface area contributed by atoms with Crippen LogP contribution in [-0.2, 0) is 28.1 Å². The van der Waals surface area contributed by atoms with Crippen LogP contribution < -0.4 is 18.1 Å². The molecule has 0 saturated carbocycles. The van der Waals surface area contributed by atoms with Crippen LogP contribution in [0.4, 0.5) is 0 Å². The summed E-state index contributed by atoms with van der Waals surface area (Å²) in [5, 5.41) is 0.338. The first kappa shape index (κ1) is 35.7. The van der Waals surface area contributed by atoms with Crippen molar-refractivity contribution in [2.24, 2.45) is 0 Å². The number of fused-ring (bicyclic) bond motifs is 3. The van der Waals surface area contributed by atoms with Crippen molar-refractivity contribution in [3.63, 3.8) is 0 Å². The Balaban J connectivity index is 1.96. The van der Waals surface area contributed by atoms with Gasteiger partial charge in [-0.15, -0.1) is 0 Å². The van der Waals surface area contributed by atoms with Gasteiger partial charge >= 0.3 is 297 Å². The molecule has 2 heterocycles. The summed E-state index contributed by atoms with van der Waals surface area (Å²) < 4.78 is 28.4. The van der Waals surface area contributed by atoms with E-state index in [1.54, 1.807) is 0 Å². The second-order valence-corrected chi connectivity index (χ2v) is 21.6. The van der Waals surface area contributed by atoms with E-state index in [9.17, 15) is 0 Å². The first-order chi connectivity index (χ1) is 20.8. The van der Waals surface area contributed by atoms with Gasteiger partial charge in [-0.25, -0.2) is 0 Å². The standard InChI is InChI=1S/C37H47Cl4O4P/c1-14-46(44-32-28(40)26(38)27(39)29(41)33(32)45-46)42-30-20(16-22(34(2,3)4)18-24(30)36(8,9)10)15-21-17-23(35(5,6)7)19-25(31(21)43-46)37(11,12)13/h16-19H,14-15H2,1-13H3. The molecule has 2 aliphatic heterocycles. The molecule has 0 bridgehead atoms. The molecule has 0 amide bonds. The Morgan fingerprint density at radius 1 is 0.500 bits per heavy atom. The zero-order chi connectivity index (χ0) is 34.6. The molecule has 2 aliphatic rings. The summed E-state index contributed by atoms with van der Waals surface area (Å²) in [6.45, 7) is 28.5. The fourth-order valence-electron chi connectivity index (χ4n) is 5.87. The Kier molecular flexibility index (Phi) is 8.53. The molecule has 0 atom stereocenters. The number of hydrogen-bond donors (Lipinski definition) is 0. The summed E-state index contributed by atoms with van der Waals surface area (Å²) >= 11 is 26.7. The molecule has 1 spiro atoms. The molecule has 0 saturated heterocycles. The van der Waals surface area contributed by atoms with Gasteiger partial charge in [-0.3, -0.25) is 0 Å². The Morgan fingerprint density at radius 2 is 0.826 bits per heavy atom. The van der Waals surface area contributed by atoms with Crippen LogP contribution in [-0.4, -0.2) is 6.16 Å². The first-order valence-corrected chi connectivity index (χ1v) is 19.4. The molecule has 3 aromatic rings. The molecule has 0 aromatic heterocycles. The molecule has 0 N–H and O–H groups in total.